The molecule has 1 aromatic heterocycles. The molecule has 4 aromatic rings. The second-order valence-electron chi connectivity index (χ2n) is 7.15. The highest BCUT2D eigenvalue weighted by Crippen LogP contribution is 2.33. The van der Waals surface area contributed by atoms with Crippen molar-refractivity contribution < 1.29 is 27.5 Å². The average Bonchev–Trinajstić information content (AvgIpc) is 3.46. The molecule has 33 heavy (non-hydrogen) atoms. The van der Waals surface area contributed by atoms with Gasteiger partial charge in [-0.05, 0) is 48.0 Å². The minimum absolute atomic E-state index is 0.197. The van der Waals surface area contributed by atoms with Crippen LogP contribution in [0.5, 0.6) is 11.5 Å². The third-order valence-corrected chi connectivity index (χ3v) is 4.80. The first kappa shape index (κ1) is 20.4. The normalized spacial score (nSPS) is 11.9. The zero-order valence-corrected chi connectivity index (χ0v) is 17.0. The monoisotopic (exact) mass is 450 g/mol. The number of aromatic nitrogens is 2. The summed E-state index contributed by atoms with van der Waals surface area (Å²) in [6, 6.07) is 14.3. The summed E-state index contributed by atoms with van der Waals surface area (Å²) < 4.78 is 43.5. The Balaban J connectivity index is 1.27. The number of carbonyl (C=O) groups is 1. The van der Waals surface area contributed by atoms with Gasteiger partial charge in [0.1, 0.15) is 11.6 Å². The molecule has 0 bridgehead atoms. The van der Waals surface area contributed by atoms with Crippen molar-refractivity contribution in [3.8, 4) is 23.0 Å². The third kappa shape index (κ3) is 4.59. The van der Waals surface area contributed by atoms with Crippen LogP contribution in [0.25, 0.3) is 11.5 Å². The van der Waals surface area contributed by atoms with Gasteiger partial charge in [-0.3, -0.25) is 0 Å². The van der Waals surface area contributed by atoms with Gasteiger partial charge in [0.15, 0.2) is 11.5 Å². The Morgan fingerprint density at radius 3 is 2.73 bits per heavy atom. The van der Waals surface area contributed by atoms with Gasteiger partial charge in [-0.25, -0.2) is 13.6 Å². The van der Waals surface area contributed by atoms with Crippen LogP contribution in [-0.2, 0) is 6.42 Å². The van der Waals surface area contributed by atoms with Crippen molar-refractivity contribution in [1.82, 2.24) is 10.2 Å². The van der Waals surface area contributed by atoms with Crippen LogP contribution in [0, 0.1) is 11.6 Å². The number of fused-ring (bicyclic) bond motifs is 1. The number of nitrogens with zero attached hydrogens (tertiary/aromatic N) is 2. The van der Waals surface area contributed by atoms with Crippen molar-refractivity contribution >= 4 is 17.4 Å². The number of carbonyl (C=O) groups excluding carboxylic acids is 1. The Kier molecular flexibility index (Phi) is 5.31. The maximum atomic E-state index is 13.7. The zero-order valence-electron chi connectivity index (χ0n) is 17.0. The van der Waals surface area contributed by atoms with Gasteiger partial charge in [0, 0.05) is 17.3 Å². The van der Waals surface area contributed by atoms with E-state index >= 15 is 0 Å². The lowest BCUT2D eigenvalue weighted by Crippen LogP contribution is -2.20. The summed E-state index contributed by atoms with van der Waals surface area (Å²) in [4.78, 5) is 12.2. The summed E-state index contributed by atoms with van der Waals surface area (Å²) in [5.41, 5.74) is 1.63. The summed E-state index contributed by atoms with van der Waals surface area (Å²) in [6.07, 6.45) is 0.406. The first-order chi connectivity index (χ1) is 16.0. The molecule has 0 spiro atoms. The van der Waals surface area contributed by atoms with Gasteiger partial charge in [-0.2, -0.15) is 0 Å². The van der Waals surface area contributed by atoms with E-state index in [0.717, 1.165) is 23.8 Å². The van der Waals surface area contributed by atoms with E-state index < -0.39 is 17.7 Å². The first-order valence-corrected chi connectivity index (χ1v) is 9.88. The molecule has 0 fully saturated rings. The summed E-state index contributed by atoms with van der Waals surface area (Å²) in [7, 11) is 0. The molecule has 2 N–H and O–H groups in total. The smallest absolute Gasteiger partial charge is 0.323 e. The molecule has 0 aliphatic carbocycles. The van der Waals surface area contributed by atoms with E-state index in [1.807, 2.05) is 18.2 Å². The third-order valence-electron chi connectivity index (χ3n) is 4.80. The van der Waals surface area contributed by atoms with Crippen LogP contribution in [-0.4, -0.2) is 23.0 Å². The van der Waals surface area contributed by atoms with E-state index in [1.165, 1.54) is 0 Å². The number of rotatable bonds is 5. The number of amides is 2. The molecule has 1 aliphatic rings. The van der Waals surface area contributed by atoms with E-state index in [2.05, 4.69) is 20.8 Å². The highest BCUT2D eigenvalue weighted by Gasteiger charge is 2.16. The van der Waals surface area contributed by atoms with Crippen LogP contribution < -0.4 is 20.1 Å². The highest BCUT2D eigenvalue weighted by atomic mass is 19.1. The highest BCUT2D eigenvalue weighted by molar-refractivity contribution is 6.00. The van der Waals surface area contributed by atoms with Gasteiger partial charge < -0.3 is 24.5 Å². The summed E-state index contributed by atoms with van der Waals surface area (Å²) in [5, 5.41) is 13.0. The number of ether oxygens (including phenoxy) is 2. The minimum atomic E-state index is -0.749. The Morgan fingerprint density at radius 1 is 0.939 bits per heavy atom. The molecule has 0 saturated carbocycles. The zero-order chi connectivity index (χ0) is 22.8. The molecule has 2 amide bonds. The Hall–Kier alpha value is -4.47. The van der Waals surface area contributed by atoms with E-state index in [4.69, 9.17) is 13.9 Å². The van der Waals surface area contributed by atoms with Crippen molar-refractivity contribution in [3.05, 3.63) is 83.8 Å². The van der Waals surface area contributed by atoms with Gasteiger partial charge in [0.05, 0.1) is 12.1 Å². The quantitative estimate of drug-likeness (QED) is 0.445. The Morgan fingerprint density at radius 2 is 1.82 bits per heavy atom. The maximum Gasteiger partial charge on any atom is 0.323 e. The topological polar surface area (TPSA) is 98.5 Å². The van der Waals surface area contributed by atoms with Crippen molar-refractivity contribution in [2.75, 3.05) is 17.4 Å². The second-order valence-corrected chi connectivity index (χ2v) is 7.15. The first-order valence-electron chi connectivity index (χ1n) is 9.88. The summed E-state index contributed by atoms with van der Waals surface area (Å²) in [6.45, 7) is 0.197. The largest absolute Gasteiger partial charge is 0.454 e. The molecule has 3 aromatic carbocycles. The van der Waals surface area contributed by atoms with Crippen molar-refractivity contribution in [1.29, 1.82) is 0 Å². The Bertz CT molecular complexity index is 1340. The molecule has 10 heteroatoms. The average molecular weight is 450 g/mol. The number of nitrogens with one attached hydrogen (secondary N) is 2. The summed E-state index contributed by atoms with van der Waals surface area (Å²) >= 11 is 0. The summed E-state index contributed by atoms with van der Waals surface area (Å²) in [5.74, 6) is 0.621. The predicted molar refractivity (Wildman–Crippen MR) is 114 cm³/mol. The van der Waals surface area contributed by atoms with Crippen LogP contribution in [0.15, 0.2) is 65.1 Å². The lowest BCUT2D eigenvalue weighted by atomic mass is 10.1. The fourth-order valence-corrected chi connectivity index (χ4v) is 3.28. The molecule has 8 nitrogen and oxygen atoms in total. The molecular weight excluding hydrogens is 434 g/mol. The lowest BCUT2D eigenvalue weighted by molar-refractivity contribution is 0.174. The number of halogens is 2. The second kappa shape index (κ2) is 8.58. The maximum absolute atomic E-state index is 13.7. The SMILES string of the molecule is O=C(Nc1cccc(-c2nnc(Cc3ccc4c(c3)OCO4)o2)c1)Nc1cc(F)ccc1F. The number of hydrogen-bond donors (Lipinski definition) is 2. The predicted octanol–water partition coefficient (Wildman–Crippen LogP) is 4.98. The standard InChI is InChI=1S/C23H16F2N4O4/c24-15-5-6-17(25)18(11-15)27-23(30)26-16-3-1-2-14(10-16)22-29-28-21(33-22)9-13-4-7-19-20(8-13)32-12-31-19/h1-8,10-11H,9,12H2,(H2,26,27,30). The van der Waals surface area contributed by atoms with Crippen LogP contribution in [0.1, 0.15) is 11.5 Å². The molecule has 0 unspecified atom stereocenters. The van der Waals surface area contributed by atoms with Gasteiger partial charge in [0.25, 0.3) is 0 Å². The molecule has 0 atom stereocenters. The van der Waals surface area contributed by atoms with Crippen LogP contribution in [0.4, 0.5) is 25.0 Å². The fourth-order valence-electron chi connectivity index (χ4n) is 3.28. The lowest BCUT2D eigenvalue weighted by Gasteiger charge is -2.09. The van der Waals surface area contributed by atoms with Crippen LogP contribution in [0.2, 0.25) is 0 Å². The van der Waals surface area contributed by atoms with Gasteiger partial charge in [-0.1, -0.05) is 12.1 Å². The van der Waals surface area contributed by atoms with Crippen molar-refractivity contribution in [2.45, 2.75) is 6.42 Å². The van der Waals surface area contributed by atoms with Gasteiger partial charge >= 0.3 is 6.03 Å². The Labute approximate surface area is 186 Å². The molecule has 5 rings (SSSR count). The minimum Gasteiger partial charge on any atom is -0.454 e. The molecular formula is C23H16F2N4O4. The molecule has 0 saturated heterocycles. The van der Waals surface area contributed by atoms with E-state index in [9.17, 15) is 13.6 Å². The van der Waals surface area contributed by atoms with Crippen LogP contribution >= 0.6 is 0 Å². The fraction of sp³-hybridized carbons (Fsp3) is 0.0870. The number of anilines is 2. The molecule has 166 valence electrons. The number of urea groups is 1. The number of hydrogen-bond acceptors (Lipinski definition) is 6. The van der Waals surface area contributed by atoms with Gasteiger partial charge in [0.2, 0.25) is 18.6 Å². The van der Waals surface area contributed by atoms with Gasteiger partial charge in [-0.15, -0.1) is 10.2 Å². The van der Waals surface area contributed by atoms with Crippen molar-refractivity contribution in [2.24, 2.45) is 0 Å². The van der Waals surface area contributed by atoms with E-state index in [0.29, 0.717) is 35.1 Å². The molecule has 0 radical (unpaired) electrons. The number of benzene rings is 3. The van der Waals surface area contributed by atoms with E-state index in [1.54, 1.807) is 24.3 Å². The molecule has 2 heterocycles. The molecule has 1 aliphatic heterocycles. The van der Waals surface area contributed by atoms with Crippen molar-refractivity contribution in [3.63, 3.8) is 0 Å². The van der Waals surface area contributed by atoms with Crippen LogP contribution in [0.3, 0.4) is 0 Å². The van der Waals surface area contributed by atoms with E-state index in [-0.39, 0.29) is 18.4 Å².